The van der Waals surface area contributed by atoms with Crippen LogP contribution in [-0.4, -0.2) is 36.6 Å². The summed E-state index contributed by atoms with van der Waals surface area (Å²) >= 11 is 0. The normalized spacial score (nSPS) is 22.9. The maximum atomic E-state index is 3.39. The van der Waals surface area contributed by atoms with Crippen LogP contribution in [0.1, 0.15) is 20.8 Å². The molecule has 0 bridgehead atoms. The van der Waals surface area contributed by atoms with E-state index in [0.29, 0.717) is 0 Å². The van der Waals surface area contributed by atoms with E-state index in [2.05, 4.69) is 35.9 Å². The van der Waals surface area contributed by atoms with Gasteiger partial charge in [-0.2, -0.15) is 0 Å². The predicted molar refractivity (Wildman–Crippen MR) is 52.0 cm³/mol. The van der Waals surface area contributed by atoms with Gasteiger partial charge in [0.2, 0.25) is 0 Å². The second kappa shape index (κ2) is 3.93. The Hall–Kier alpha value is -0.520. The Morgan fingerprint density at radius 3 is 2.83 bits per heavy atom. The van der Waals surface area contributed by atoms with Gasteiger partial charge < -0.3 is 5.32 Å². The predicted octanol–water partition coefficient (Wildman–Crippen LogP) is 0.694. The van der Waals surface area contributed by atoms with E-state index in [0.717, 1.165) is 26.2 Å². The van der Waals surface area contributed by atoms with Crippen molar-refractivity contribution in [3.8, 4) is 11.8 Å². The fourth-order valence-electron chi connectivity index (χ4n) is 1.49. The fourth-order valence-corrected chi connectivity index (χ4v) is 1.49. The molecule has 0 spiro atoms. The second-order valence-electron chi connectivity index (χ2n) is 3.84. The van der Waals surface area contributed by atoms with Crippen molar-refractivity contribution in [1.82, 2.24) is 10.2 Å². The molecule has 2 heteroatoms. The van der Waals surface area contributed by atoms with Crippen molar-refractivity contribution in [2.45, 2.75) is 26.3 Å². The number of nitrogens with one attached hydrogen (secondary N) is 1. The van der Waals surface area contributed by atoms with Gasteiger partial charge in [0.25, 0.3) is 0 Å². The molecule has 68 valence electrons. The molecule has 12 heavy (non-hydrogen) atoms. The highest BCUT2D eigenvalue weighted by molar-refractivity contribution is 5.01. The maximum absolute atomic E-state index is 3.39. The van der Waals surface area contributed by atoms with Crippen molar-refractivity contribution in [1.29, 1.82) is 0 Å². The number of hydrogen-bond acceptors (Lipinski definition) is 2. The first-order valence-corrected chi connectivity index (χ1v) is 4.52. The number of hydrogen-bond donors (Lipinski definition) is 1. The molecule has 0 saturated carbocycles. The number of piperazine rings is 1. The van der Waals surface area contributed by atoms with Crippen molar-refractivity contribution in [2.75, 3.05) is 26.2 Å². The maximum Gasteiger partial charge on any atom is 0.0606 e. The summed E-state index contributed by atoms with van der Waals surface area (Å²) in [7, 11) is 0. The molecule has 0 aromatic carbocycles. The van der Waals surface area contributed by atoms with Crippen molar-refractivity contribution >= 4 is 0 Å². The molecule has 0 aromatic heterocycles. The average Bonchev–Trinajstić information content (AvgIpc) is 2.02. The molecule has 1 rings (SSSR count). The highest BCUT2D eigenvalue weighted by atomic mass is 15.2. The highest BCUT2D eigenvalue weighted by Crippen LogP contribution is 2.14. The minimum absolute atomic E-state index is 0.266. The summed E-state index contributed by atoms with van der Waals surface area (Å²) < 4.78 is 0. The third-order valence-electron chi connectivity index (χ3n) is 2.42. The van der Waals surface area contributed by atoms with Gasteiger partial charge in [-0.25, -0.2) is 0 Å². The van der Waals surface area contributed by atoms with Crippen LogP contribution in [0.2, 0.25) is 0 Å². The van der Waals surface area contributed by atoms with Gasteiger partial charge in [0.1, 0.15) is 0 Å². The molecule has 0 unspecified atom stereocenters. The van der Waals surface area contributed by atoms with Gasteiger partial charge in [-0.1, -0.05) is 5.92 Å². The van der Waals surface area contributed by atoms with E-state index in [4.69, 9.17) is 0 Å². The Labute approximate surface area is 75.3 Å². The molecule has 1 aliphatic rings. The molecule has 1 aliphatic heterocycles. The van der Waals surface area contributed by atoms with Gasteiger partial charge in [-0.05, 0) is 20.8 Å². The third kappa shape index (κ3) is 2.23. The van der Waals surface area contributed by atoms with Crippen LogP contribution in [0, 0.1) is 11.8 Å². The lowest BCUT2D eigenvalue weighted by molar-refractivity contribution is 0.107. The third-order valence-corrected chi connectivity index (χ3v) is 2.42. The van der Waals surface area contributed by atoms with Crippen molar-refractivity contribution in [3.63, 3.8) is 0 Å². The molecule has 1 fully saturated rings. The van der Waals surface area contributed by atoms with Gasteiger partial charge in [-0.15, -0.1) is 5.92 Å². The molecular formula is C10H18N2. The number of nitrogens with zero attached hydrogens (tertiary/aromatic N) is 1. The lowest BCUT2D eigenvalue weighted by Gasteiger charge is -2.41. The molecular weight excluding hydrogens is 148 g/mol. The van der Waals surface area contributed by atoms with Crippen LogP contribution >= 0.6 is 0 Å². The van der Waals surface area contributed by atoms with Crippen LogP contribution in [0.4, 0.5) is 0 Å². The standard InChI is InChI=1S/C10H18N2/c1-4-5-7-12-8-6-11-9-10(12,2)3/h11H,6-9H2,1-3H3. The molecule has 0 radical (unpaired) electrons. The van der Waals surface area contributed by atoms with Crippen LogP contribution in [0.5, 0.6) is 0 Å². The molecule has 0 aliphatic carbocycles. The second-order valence-corrected chi connectivity index (χ2v) is 3.84. The zero-order valence-corrected chi connectivity index (χ0v) is 8.28. The van der Waals surface area contributed by atoms with Crippen LogP contribution < -0.4 is 5.32 Å². The molecule has 0 aromatic rings. The monoisotopic (exact) mass is 166 g/mol. The molecule has 0 atom stereocenters. The molecule has 2 nitrogen and oxygen atoms in total. The van der Waals surface area contributed by atoms with Crippen LogP contribution in [0.3, 0.4) is 0 Å². The van der Waals surface area contributed by atoms with Gasteiger partial charge in [0.05, 0.1) is 6.54 Å². The lowest BCUT2D eigenvalue weighted by atomic mass is 10.0. The fraction of sp³-hybridized carbons (Fsp3) is 0.800. The Morgan fingerprint density at radius 2 is 2.25 bits per heavy atom. The van der Waals surface area contributed by atoms with E-state index in [1.165, 1.54) is 0 Å². The Balaban J connectivity index is 2.52. The van der Waals surface area contributed by atoms with Gasteiger partial charge >= 0.3 is 0 Å². The summed E-state index contributed by atoms with van der Waals surface area (Å²) in [6.07, 6.45) is 0. The summed E-state index contributed by atoms with van der Waals surface area (Å²) in [5.74, 6) is 6.06. The first-order chi connectivity index (χ1) is 5.67. The molecule has 1 N–H and O–H groups in total. The minimum Gasteiger partial charge on any atom is -0.314 e. The molecule has 1 saturated heterocycles. The van der Waals surface area contributed by atoms with Gasteiger partial charge in [0.15, 0.2) is 0 Å². The van der Waals surface area contributed by atoms with Gasteiger partial charge in [0, 0.05) is 25.2 Å². The summed E-state index contributed by atoms with van der Waals surface area (Å²) in [6.45, 7) is 10.6. The first kappa shape index (κ1) is 9.57. The Bertz CT molecular complexity index is 198. The average molecular weight is 166 g/mol. The van der Waals surface area contributed by atoms with E-state index in [1.54, 1.807) is 0 Å². The summed E-state index contributed by atoms with van der Waals surface area (Å²) in [5.41, 5.74) is 0.266. The first-order valence-electron chi connectivity index (χ1n) is 4.52. The zero-order valence-electron chi connectivity index (χ0n) is 8.28. The summed E-state index contributed by atoms with van der Waals surface area (Å²) in [6, 6.07) is 0. The quantitative estimate of drug-likeness (QED) is 0.577. The van der Waals surface area contributed by atoms with Crippen molar-refractivity contribution < 1.29 is 0 Å². The van der Waals surface area contributed by atoms with Crippen molar-refractivity contribution in [3.05, 3.63) is 0 Å². The van der Waals surface area contributed by atoms with E-state index in [1.807, 2.05) is 6.92 Å². The lowest BCUT2D eigenvalue weighted by Crippen LogP contribution is -2.57. The zero-order chi connectivity index (χ0) is 9.03. The Kier molecular flexibility index (Phi) is 3.13. The van der Waals surface area contributed by atoms with E-state index in [-0.39, 0.29) is 5.54 Å². The van der Waals surface area contributed by atoms with Crippen LogP contribution in [0.25, 0.3) is 0 Å². The SMILES string of the molecule is CC#CCN1CCNCC1(C)C. The largest absolute Gasteiger partial charge is 0.314 e. The van der Waals surface area contributed by atoms with E-state index < -0.39 is 0 Å². The van der Waals surface area contributed by atoms with Crippen LogP contribution in [-0.2, 0) is 0 Å². The summed E-state index contributed by atoms with van der Waals surface area (Å²) in [5, 5.41) is 3.39. The topological polar surface area (TPSA) is 15.3 Å². The molecule has 0 amide bonds. The van der Waals surface area contributed by atoms with E-state index >= 15 is 0 Å². The molecule has 1 heterocycles. The number of rotatable bonds is 1. The Morgan fingerprint density at radius 1 is 1.50 bits per heavy atom. The van der Waals surface area contributed by atoms with E-state index in [9.17, 15) is 0 Å². The smallest absolute Gasteiger partial charge is 0.0606 e. The minimum atomic E-state index is 0.266. The van der Waals surface area contributed by atoms with Crippen molar-refractivity contribution in [2.24, 2.45) is 0 Å². The summed E-state index contributed by atoms with van der Waals surface area (Å²) in [4.78, 5) is 2.43. The highest BCUT2D eigenvalue weighted by Gasteiger charge is 2.28. The van der Waals surface area contributed by atoms with Gasteiger partial charge in [-0.3, -0.25) is 4.90 Å². The van der Waals surface area contributed by atoms with Crippen LogP contribution in [0.15, 0.2) is 0 Å².